The van der Waals surface area contributed by atoms with E-state index in [2.05, 4.69) is 4.90 Å². The Kier molecular flexibility index (Phi) is 4.51. The Morgan fingerprint density at radius 1 is 1.04 bits per heavy atom. The molecule has 6 heteroatoms. The molecule has 0 aromatic heterocycles. The van der Waals surface area contributed by atoms with Crippen LogP contribution in [-0.2, 0) is 9.59 Å². The third-order valence-electron chi connectivity index (χ3n) is 6.49. The second kappa shape index (κ2) is 6.82. The van der Waals surface area contributed by atoms with E-state index in [4.69, 9.17) is 4.74 Å². The number of benzene rings is 1. The molecule has 1 amide bonds. The van der Waals surface area contributed by atoms with E-state index in [0.717, 1.165) is 43.8 Å². The molecule has 0 unspecified atom stereocenters. The Hall–Kier alpha value is -2.24. The highest BCUT2D eigenvalue weighted by Crippen LogP contribution is 2.52. The molecule has 1 aromatic rings. The fraction of sp³-hybridized carbons (Fsp3) is 0.600. The number of para-hydroxylation sites is 2. The van der Waals surface area contributed by atoms with Crippen LogP contribution in [0.2, 0.25) is 0 Å². The summed E-state index contributed by atoms with van der Waals surface area (Å²) in [7, 11) is 1.66. The Morgan fingerprint density at radius 2 is 1.69 bits per heavy atom. The number of anilines is 1. The minimum absolute atomic E-state index is 0.0195. The molecule has 0 radical (unpaired) electrons. The van der Waals surface area contributed by atoms with Crippen LogP contribution in [0, 0.1) is 23.7 Å². The first kappa shape index (κ1) is 17.2. The summed E-state index contributed by atoms with van der Waals surface area (Å²) in [5.74, 6) is -0.798. The van der Waals surface area contributed by atoms with Crippen molar-refractivity contribution in [2.45, 2.75) is 19.3 Å². The lowest BCUT2D eigenvalue weighted by Gasteiger charge is -2.40. The van der Waals surface area contributed by atoms with Crippen molar-refractivity contribution in [2.24, 2.45) is 23.7 Å². The maximum absolute atomic E-state index is 13.1. The molecule has 1 saturated heterocycles. The van der Waals surface area contributed by atoms with Crippen LogP contribution in [0.1, 0.15) is 19.3 Å². The summed E-state index contributed by atoms with van der Waals surface area (Å²) in [5.41, 5.74) is 1.04. The standard InChI is InChI=1S/C20H26N2O4/c1-26-16-5-3-2-4-15(16)21-8-10-22(11-9-21)19(23)17-13-6-7-14(12-13)18(17)20(24)25/h2-5,13-14,17-18H,6-12H2,1H3,(H,24,25)/p-1/t13-,14-,17-,18+/m1/s1. The summed E-state index contributed by atoms with van der Waals surface area (Å²) in [6.45, 7) is 2.68. The number of aliphatic carboxylic acids is 1. The van der Waals surface area contributed by atoms with Crippen LogP contribution in [0.5, 0.6) is 5.75 Å². The first-order valence-corrected chi connectivity index (χ1v) is 9.47. The lowest BCUT2D eigenvalue weighted by molar-refractivity contribution is -0.314. The Morgan fingerprint density at radius 3 is 2.35 bits per heavy atom. The normalized spacial score (nSPS) is 30.5. The number of fused-ring (bicyclic) bond motifs is 2. The van der Waals surface area contributed by atoms with Crippen molar-refractivity contribution < 1.29 is 19.4 Å². The van der Waals surface area contributed by atoms with Crippen LogP contribution in [0.25, 0.3) is 0 Å². The second-order valence-electron chi connectivity index (χ2n) is 7.69. The van der Waals surface area contributed by atoms with Crippen molar-refractivity contribution in [1.29, 1.82) is 0 Å². The average molecular weight is 357 g/mol. The Labute approximate surface area is 153 Å². The van der Waals surface area contributed by atoms with E-state index in [1.165, 1.54) is 0 Å². The highest BCUT2D eigenvalue weighted by molar-refractivity contribution is 5.86. The van der Waals surface area contributed by atoms with E-state index in [0.29, 0.717) is 13.1 Å². The maximum atomic E-state index is 13.1. The summed E-state index contributed by atoms with van der Waals surface area (Å²) in [4.78, 5) is 28.7. The molecule has 3 fully saturated rings. The van der Waals surface area contributed by atoms with Gasteiger partial charge < -0.3 is 24.4 Å². The minimum atomic E-state index is -1.04. The highest BCUT2D eigenvalue weighted by atomic mass is 16.5. The van der Waals surface area contributed by atoms with Gasteiger partial charge in [-0.3, -0.25) is 4.79 Å². The quantitative estimate of drug-likeness (QED) is 0.795. The number of hydrogen-bond acceptors (Lipinski definition) is 5. The van der Waals surface area contributed by atoms with Crippen molar-refractivity contribution in [3.63, 3.8) is 0 Å². The molecule has 2 bridgehead atoms. The van der Waals surface area contributed by atoms with Crippen LogP contribution >= 0.6 is 0 Å². The predicted octanol–water partition coefficient (Wildman–Crippen LogP) is 0.756. The molecule has 1 aliphatic heterocycles. The molecular formula is C20H25N2O4-. The van der Waals surface area contributed by atoms with Gasteiger partial charge in [-0.25, -0.2) is 0 Å². The topological polar surface area (TPSA) is 72.9 Å². The van der Waals surface area contributed by atoms with Gasteiger partial charge in [0.25, 0.3) is 0 Å². The van der Waals surface area contributed by atoms with Crippen LogP contribution in [0.15, 0.2) is 24.3 Å². The molecular weight excluding hydrogens is 332 g/mol. The van der Waals surface area contributed by atoms with Gasteiger partial charge in [0.1, 0.15) is 5.75 Å². The van der Waals surface area contributed by atoms with Crippen molar-refractivity contribution in [3.8, 4) is 5.75 Å². The van der Waals surface area contributed by atoms with Crippen molar-refractivity contribution in [2.75, 3.05) is 38.2 Å². The molecule has 26 heavy (non-hydrogen) atoms. The largest absolute Gasteiger partial charge is 0.550 e. The molecule has 3 aliphatic rings. The fourth-order valence-corrected chi connectivity index (χ4v) is 5.26. The van der Waals surface area contributed by atoms with E-state index in [1.54, 1.807) is 7.11 Å². The molecule has 1 heterocycles. The predicted molar refractivity (Wildman–Crippen MR) is 94.6 cm³/mol. The summed E-state index contributed by atoms with van der Waals surface area (Å²) >= 11 is 0. The Balaban J connectivity index is 1.43. The molecule has 0 N–H and O–H groups in total. The zero-order valence-electron chi connectivity index (χ0n) is 15.1. The van der Waals surface area contributed by atoms with Gasteiger partial charge in [-0.1, -0.05) is 12.1 Å². The van der Waals surface area contributed by atoms with Crippen LogP contribution in [0.4, 0.5) is 5.69 Å². The van der Waals surface area contributed by atoms with Crippen molar-refractivity contribution in [3.05, 3.63) is 24.3 Å². The number of carbonyl (C=O) groups excluding carboxylic acids is 2. The molecule has 4 rings (SSSR count). The van der Waals surface area contributed by atoms with E-state index >= 15 is 0 Å². The summed E-state index contributed by atoms with van der Waals surface area (Å²) in [5, 5.41) is 11.6. The molecule has 4 atom stereocenters. The summed E-state index contributed by atoms with van der Waals surface area (Å²) < 4.78 is 5.43. The first-order valence-electron chi connectivity index (χ1n) is 9.47. The minimum Gasteiger partial charge on any atom is -0.550 e. The first-order chi connectivity index (χ1) is 12.6. The number of ether oxygens (including phenoxy) is 1. The van der Waals surface area contributed by atoms with Gasteiger partial charge in [0.05, 0.1) is 12.8 Å². The summed E-state index contributed by atoms with van der Waals surface area (Å²) in [6.07, 6.45) is 2.77. The van der Waals surface area contributed by atoms with Gasteiger partial charge in [-0.2, -0.15) is 0 Å². The Bertz CT molecular complexity index is 699. The molecule has 140 valence electrons. The van der Waals surface area contributed by atoms with Gasteiger partial charge in [0.15, 0.2) is 0 Å². The van der Waals surface area contributed by atoms with Gasteiger partial charge in [-0.05, 0) is 43.2 Å². The van der Waals surface area contributed by atoms with E-state index in [9.17, 15) is 14.7 Å². The average Bonchev–Trinajstić information content (AvgIpc) is 3.29. The number of rotatable bonds is 4. The van der Waals surface area contributed by atoms with Crippen LogP contribution < -0.4 is 14.7 Å². The number of carboxylic acid groups (broad SMARTS) is 1. The lowest BCUT2D eigenvalue weighted by atomic mass is 9.78. The number of methoxy groups -OCH3 is 1. The van der Waals surface area contributed by atoms with Gasteiger partial charge in [0, 0.05) is 44.0 Å². The monoisotopic (exact) mass is 357 g/mol. The molecule has 1 aromatic carbocycles. The second-order valence-corrected chi connectivity index (χ2v) is 7.69. The molecule has 2 aliphatic carbocycles. The van der Waals surface area contributed by atoms with E-state index in [1.807, 2.05) is 29.2 Å². The zero-order valence-corrected chi connectivity index (χ0v) is 15.1. The lowest BCUT2D eigenvalue weighted by Crippen LogP contribution is -2.53. The molecule has 2 saturated carbocycles. The van der Waals surface area contributed by atoms with Gasteiger partial charge in [-0.15, -0.1) is 0 Å². The van der Waals surface area contributed by atoms with Crippen LogP contribution in [0.3, 0.4) is 0 Å². The van der Waals surface area contributed by atoms with Crippen molar-refractivity contribution in [1.82, 2.24) is 4.90 Å². The number of hydrogen-bond donors (Lipinski definition) is 0. The van der Waals surface area contributed by atoms with Crippen LogP contribution in [-0.4, -0.2) is 50.1 Å². The number of carbonyl (C=O) groups is 2. The smallest absolute Gasteiger partial charge is 0.226 e. The SMILES string of the molecule is COc1ccccc1N1CCN(C(=O)[C@@H]2[C@@H]3CC[C@H](C3)[C@@H]2C(=O)[O-])CC1. The van der Waals surface area contributed by atoms with Gasteiger partial charge in [0.2, 0.25) is 5.91 Å². The number of piperazine rings is 1. The summed E-state index contributed by atoms with van der Waals surface area (Å²) in [6, 6.07) is 7.89. The fourth-order valence-electron chi connectivity index (χ4n) is 5.26. The number of nitrogens with zero attached hydrogens (tertiary/aromatic N) is 2. The third-order valence-corrected chi connectivity index (χ3v) is 6.49. The van der Waals surface area contributed by atoms with Crippen molar-refractivity contribution >= 4 is 17.6 Å². The number of amides is 1. The maximum Gasteiger partial charge on any atom is 0.226 e. The molecule has 6 nitrogen and oxygen atoms in total. The van der Waals surface area contributed by atoms with E-state index < -0.39 is 11.9 Å². The molecule has 0 spiro atoms. The van der Waals surface area contributed by atoms with Gasteiger partial charge >= 0.3 is 0 Å². The van der Waals surface area contributed by atoms with E-state index in [-0.39, 0.29) is 23.7 Å². The third kappa shape index (κ3) is 2.81. The zero-order chi connectivity index (χ0) is 18.3. The highest BCUT2D eigenvalue weighted by Gasteiger charge is 2.52. The number of carboxylic acids is 1.